The van der Waals surface area contributed by atoms with Crippen molar-refractivity contribution < 1.29 is 23.9 Å². The maximum absolute atomic E-state index is 12.9. The quantitative estimate of drug-likeness (QED) is 0.305. The van der Waals surface area contributed by atoms with Gasteiger partial charge in [-0.15, -0.1) is 23.2 Å². The molecular weight excluding hydrogens is 559 g/mol. The molecule has 35 heavy (non-hydrogen) atoms. The van der Waals surface area contributed by atoms with Crippen molar-refractivity contribution in [3.05, 3.63) is 57.6 Å². The number of aryl methyl sites for hydroxylation is 2. The number of alkyl halides is 2. The van der Waals surface area contributed by atoms with Gasteiger partial charge in [-0.2, -0.15) is 0 Å². The molecular formula is C25H23BrCl2N2O5. The number of esters is 1. The maximum Gasteiger partial charge on any atom is 0.338 e. The number of hydrogen-bond donors (Lipinski definition) is 1. The van der Waals surface area contributed by atoms with E-state index in [0.717, 1.165) is 20.5 Å². The van der Waals surface area contributed by atoms with Gasteiger partial charge in [0.1, 0.15) is 0 Å². The van der Waals surface area contributed by atoms with Crippen LogP contribution in [0, 0.1) is 25.7 Å². The van der Waals surface area contributed by atoms with E-state index in [0.29, 0.717) is 24.2 Å². The Morgan fingerprint density at radius 2 is 1.57 bits per heavy atom. The summed E-state index contributed by atoms with van der Waals surface area (Å²) in [5, 5.41) is 2.01. The van der Waals surface area contributed by atoms with E-state index in [9.17, 15) is 19.2 Å². The van der Waals surface area contributed by atoms with Crippen LogP contribution in [0.4, 0.5) is 11.4 Å². The Kier molecular flexibility index (Phi) is 7.54. The van der Waals surface area contributed by atoms with Gasteiger partial charge in [0.15, 0.2) is 6.61 Å². The first-order valence-corrected chi connectivity index (χ1v) is 12.7. The second kappa shape index (κ2) is 10.3. The summed E-state index contributed by atoms with van der Waals surface area (Å²) in [6.07, 6.45) is 0.709. The van der Waals surface area contributed by atoms with Crippen molar-refractivity contribution in [3.8, 4) is 0 Å². The normalized spacial score (nSPS) is 23.7. The van der Waals surface area contributed by atoms with Gasteiger partial charge in [-0.1, -0.05) is 15.9 Å². The molecule has 3 amide bonds. The summed E-state index contributed by atoms with van der Waals surface area (Å²) in [7, 11) is 0. The number of imide groups is 1. The summed E-state index contributed by atoms with van der Waals surface area (Å²) in [6.45, 7) is 3.31. The smallest absolute Gasteiger partial charge is 0.338 e. The molecule has 4 rings (SSSR count). The molecule has 0 aromatic heterocycles. The summed E-state index contributed by atoms with van der Waals surface area (Å²) in [5.41, 5.74) is 3.02. The standard InChI is InChI=1S/C25H23BrCl2N2O5/c1-12-8-21(13(2)7-18(12)26)29-22(31)11-35-25(34)14-3-5-15(6-4-14)30-23(32)16-9-19(27)20(28)10-17(16)24(30)33/h3-8,16-17,19-20H,9-11H2,1-2H3,(H,29,31)/t16-,17-,19+,20+/m1/s1. The fourth-order valence-corrected chi connectivity index (χ4v) is 5.46. The molecule has 2 aromatic carbocycles. The summed E-state index contributed by atoms with van der Waals surface area (Å²) in [4.78, 5) is 51.6. The number of hydrogen-bond acceptors (Lipinski definition) is 5. The highest BCUT2D eigenvalue weighted by atomic mass is 79.9. The lowest BCUT2D eigenvalue weighted by molar-refractivity contribution is -0.122. The minimum atomic E-state index is -0.696. The minimum absolute atomic E-state index is 0.190. The summed E-state index contributed by atoms with van der Waals surface area (Å²) < 4.78 is 6.06. The van der Waals surface area contributed by atoms with E-state index in [4.69, 9.17) is 27.9 Å². The maximum atomic E-state index is 12.9. The molecule has 0 radical (unpaired) electrons. The topological polar surface area (TPSA) is 92.8 Å². The van der Waals surface area contributed by atoms with Crippen molar-refractivity contribution >= 4 is 74.2 Å². The van der Waals surface area contributed by atoms with Gasteiger partial charge in [-0.25, -0.2) is 4.79 Å². The van der Waals surface area contributed by atoms with Crippen LogP contribution in [0.2, 0.25) is 0 Å². The van der Waals surface area contributed by atoms with Gasteiger partial charge in [-0.05, 0) is 74.2 Å². The monoisotopic (exact) mass is 580 g/mol. The number of ether oxygens (including phenoxy) is 1. The zero-order valence-corrected chi connectivity index (χ0v) is 22.1. The van der Waals surface area contributed by atoms with Crippen LogP contribution < -0.4 is 10.2 Å². The van der Waals surface area contributed by atoms with Crippen molar-refractivity contribution in [2.24, 2.45) is 11.8 Å². The van der Waals surface area contributed by atoms with Crippen LogP contribution >= 0.6 is 39.1 Å². The molecule has 1 aliphatic heterocycles. The Labute approximate surface area is 221 Å². The molecule has 0 unspecified atom stereocenters. The third kappa shape index (κ3) is 5.25. The Hall–Kier alpha value is -2.42. The Bertz CT molecular complexity index is 1180. The van der Waals surface area contributed by atoms with Crippen LogP contribution in [0.3, 0.4) is 0 Å². The lowest BCUT2D eigenvalue weighted by Crippen LogP contribution is -2.34. The van der Waals surface area contributed by atoms with E-state index < -0.39 is 30.3 Å². The van der Waals surface area contributed by atoms with E-state index in [1.165, 1.54) is 24.3 Å². The van der Waals surface area contributed by atoms with Gasteiger partial charge in [0, 0.05) is 10.2 Å². The second-order valence-corrected chi connectivity index (χ2v) is 10.8. The van der Waals surface area contributed by atoms with Crippen LogP contribution in [0.15, 0.2) is 40.9 Å². The fourth-order valence-electron chi connectivity index (χ4n) is 4.41. The van der Waals surface area contributed by atoms with Crippen molar-refractivity contribution in [2.45, 2.75) is 37.4 Å². The van der Waals surface area contributed by atoms with Gasteiger partial charge in [0.2, 0.25) is 11.8 Å². The lowest BCUT2D eigenvalue weighted by Gasteiger charge is -2.28. The molecule has 2 aliphatic rings. The van der Waals surface area contributed by atoms with E-state index in [1.54, 1.807) is 0 Å². The number of rotatable bonds is 5. The first-order valence-electron chi connectivity index (χ1n) is 11.1. The average Bonchev–Trinajstić information content (AvgIpc) is 3.05. The number of nitrogens with one attached hydrogen (secondary N) is 1. The van der Waals surface area contributed by atoms with E-state index in [-0.39, 0.29) is 28.1 Å². The second-order valence-electron chi connectivity index (χ2n) is 8.82. The molecule has 7 nitrogen and oxygen atoms in total. The van der Waals surface area contributed by atoms with Gasteiger partial charge in [-0.3, -0.25) is 19.3 Å². The summed E-state index contributed by atoms with van der Waals surface area (Å²) in [6, 6.07) is 9.65. The summed E-state index contributed by atoms with van der Waals surface area (Å²) >= 11 is 15.9. The Balaban J connectivity index is 1.37. The van der Waals surface area contributed by atoms with Gasteiger partial charge in [0.05, 0.1) is 33.8 Å². The molecule has 1 aliphatic carbocycles. The molecule has 1 saturated heterocycles. The number of amides is 3. The number of carbonyl (C=O) groups is 4. The van der Waals surface area contributed by atoms with E-state index in [2.05, 4.69) is 21.2 Å². The molecule has 1 N–H and O–H groups in total. The zero-order valence-electron chi connectivity index (χ0n) is 19.0. The number of anilines is 2. The zero-order chi connectivity index (χ0) is 25.4. The Morgan fingerprint density at radius 3 is 2.14 bits per heavy atom. The third-order valence-corrected chi connectivity index (χ3v) is 8.33. The highest BCUT2D eigenvalue weighted by molar-refractivity contribution is 9.10. The SMILES string of the molecule is Cc1cc(NC(=O)COC(=O)c2ccc(N3C(=O)[C@@H]4C[C@H](Cl)[C@@H](Cl)C[C@H]4C3=O)cc2)c(C)cc1Br. The highest BCUT2D eigenvalue weighted by Gasteiger charge is 2.52. The number of carbonyl (C=O) groups excluding carboxylic acids is 4. The molecule has 10 heteroatoms. The number of nitrogens with zero attached hydrogens (tertiary/aromatic N) is 1. The van der Waals surface area contributed by atoms with Crippen LogP contribution in [0.25, 0.3) is 0 Å². The minimum Gasteiger partial charge on any atom is -0.452 e. The number of halogens is 3. The molecule has 0 bridgehead atoms. The van der Waals surface area contributed by atoms with Crippen molar-refractivity contribution in [1.29, 1.82) is 0 Å². The first kappa shape index (κ1) is 25.7. The van der Waals surface area contributed by atoms with E-state index >= 15 is 0 Å². The van der Waals surface area contributed by atoms with Crippen LogP contribution in [0.5, 0.6) is 0 Å². The molecule has 0 spiro atoms. The first-order chi connectivity index (χ1) is 16.6. The summed E-state index contributed by atoms with van der Waals surface area (Å²) in [5.74, 6) is -2.74. The average molecular weight is 582 g/mol. The molecule has 2 aromatic rings. The largest absolute Gasteiger partial charge is 0.452 e. The van der Waals surface area contributed by atoms with Gasteiger partial charge >= 0.3 is 5.97 Å². The third-order valence-electron chi connectivity index (χ3n) is 6.39. The highest BCUT2D eigenvalue weighted by Crippen LogP contribution is 2.43. The molecule has 1 saturated carbocycles. The van der Waals surface area contributed by atoms with E-state index in [1.807, 2.05) is 26.0 Å². The van der Waals surface area contributed by atoms with Gasteiger partial charge in [0.25, 0.3) is 5.91 Å². The number of fused-ring (bicyclic) bond motifs is 1. The molecule has 4 atom stereocenters. The fraction of sp³-hybridized carbons (Fsp3) is 0.360. The molecule has 2 fully saturated rings. The van der Waals surface area contributed by atoms with Crippen LogP contribution in [-0.2, 0) is 19.1 Å². The van der Waals surface area contributed by atoms with Crippen LogP contribution in [-0.4, -0.2) is 41.1 Å². The molecule has 1 heterocycles. The van der Waals surface area contributed by atoms with Gasteiger partial charge < -0.3 is 10.1 Å². The lowest BCUT2D eigenvalue weighted by atomic mass is 9.80. The van der Waals surface area contributed by atoms with Crippen molar-refractivity contribution in [2.75, 3.05) is 16.8 Å². The predicted octanol–water partition coefficient (Wildman–Crippen LogP) is 4.98. The van der Waals surface area contributed by atoms with Crippen LogP contribution in [0.1, 0.15) is 34.3 Å². The Morgan fingerprint density at radius 1 is 1.00 bits per heavy atom. The predicted molar refractivity (Wildman–Crippen MR) is 137 cm³/mol. The van der Waals surface area contributed by atoms with Crippen molar-refractivity contribution in [3.63, 3.8) is 0 Å². The number of benzene rings is 2. The van der Waals surface area contributed by atoms with Crippen molar-refractivity contribution in [1.82, 2.24) is 0 Å². The molecule has 184 valence electrons.